The minimum atomic E-state index is 0. The van der Waals surface area contributed by atoms with Crippen LogP contribution in [0.3, 0.4) is 0 Å². The van der Waals surface area contributed by atoms with E-state index in [1.807, 2.05) is 0 Å². The molecule has 66 valence electrons. The van der Waals surface area contributed by atoms with Crippen molar-refractivity contribution in [3.63, 3.8) is 0 Å². The molecule has 0 radical (unpaired) electrons. The lowest BCUT2D eigenvalue weighted by Gasteiger charge is -2.06. The molecule has 0 spiro atoms. The van der Waals surface area contributed by atoms with Crippen LogP contribution < -0.4 is 10.6 Å². The van der Waals surface area contributed by atoms with Crippen molar-refractivity contribution in [1.29, 1.82) is 0 Å². The third-order valence-electron chi connectivity index (χ3n) is 1.49. The van der Waals surface area contributed by atoms with Crippen molar-refractivity contribution in [3.8, 4) is 0 Å². The zero-order chi connectivity index (χ0) is 7.23. The van der Waals surface area contributed by atoms with Crippen LogP contribution in [-0.4, -0.2) is 25.6 Å². The molecule has 1 aliphatic rings. The summed E-state index contributed by atoms with van der Waals surface area (Å²) in [6.07, 6.45) is 2.44. The van der Waals surface area contributed by atoms with Crippen LogP contribution in [0.2, 0.25) is 0 Å². The molecule has 0 amide bonds. The maximum Gasteiger partial charge on any atom is 0.191 e. The van der Waals surface area contributed by atoms with E-state index >= 15 is 0 Å². The molecule has 0 aliphatic carbocycles. The minimum Gasteiger partial charge on any atom is -0.357 e. The molecule has 0 saturated heterocycles. The smallest absolute Gasteiger partial charge is 0.191 e. The zero-order valence-electron chi connectivity index (χ0n) is 6.89. The number of hydrogen-bond donors (Lipinski definition) is 2. The summed E-state index contributed by atoms with van der Waals surface area (Å²) in [6, 6.07) is 0. The van der Waals surface area contributed by atoms with Gasteiger partial charge in [0.25, 0.3) is 0 Å². The molecule has 1 heterocycles. The van der Waals surface area contributed by atoms with Gasteiger partial charge in [-0.25, -0.2) is 0 Å². The van der Waals surface area contributed by atoms with Crippen molar-refractivity contribution in [3.05, 3.63) is 0 Å². The van der Waals surface area contributed by atoms with E-state index in [4.69, 9.17) is 0 Å². The normalized spacial score (nSPS) is 17.0. The van der Waals surface area contributed by atoms with Gasteiger partial charge in [-0.15, -0.1) is 17.0 Å². The Morgan fingerprint density at radius 1 is 1.55 bits per heavy atom. The molecule has 3 nitrogen and oxygen atoms in total. The number of aliphatic imine (C=N–C) groups is 1. The quantitative estimate of drug-likeness (QED) is 0.692. The summed E-state index contributed by atoms with van der Waals surface area (Å²) in [5.41, 5.74) is 0. The van der Waals surface area contributed by atoms with Crippen LogP contribution in [-0.2, 0) is 0 Å². The van der Waals surface area contributed by atoms with Crippen LogP contribution in [0.4, 0.5) is 0 Å². The predicted molar refractivity (Wildman–Crippen MR) is 53.5 cm³/mol. The number of guanidine groups is 1. The molecular formula is C7H16BrN3. The van der Waals surface area contributed by atoms with Gasteiger partial charge in [0, 0.05) is 19.6 Å². The molecule has 0 aromatic carbocycles. The van der Waals surface area contributed by atoms with Gasteiger partial charge in [-0.2, -0.15) is 0 Å². The van der Waals surface area contributed by atoms with E-state index in [0.29, 0.717) is 0 Å². The molecule has 0 aromatic rings. The third kappa shape index (κ3) is 4.24. The Morgan fingerprint density at radius 3 is 3.09 bits per heavy atom. The van der Waals surface area contributed by atoms with Crippen molar-refractivity contribution >= 4 is 22.9 Å². The van der Waals surface area contributed by atoms with Gasteiger partial charge in [-0.05, 0) is 19.8 Å². The van der Waals surface area contributed by atoms with Crippen molar-refractivity contribution < 1.29 is 0 Å². The monoisotopic (exact) mass is 221 g/mol. The lowest BCUT2D eigenvalue weighted by Crippen LogP contribution is -2.36. The molecule has 2 N–H and O–H groups in total. The van der Waals surface area contributed by atoms with Crippen molar-refractivity contribution in [2.24, 2.45) is 4.99 Å². The molecular weight excluding hydrogens is 206 g/mol. The van der Waals surface area contributed by atoms with Gasteiger partial charge >= 0.3 is 0 Å². The number of nitrogens with one attached hydrogen (secondary N) is 2. The van der Waals surface area contributed by atoms with Gasteiger partial charge < -0.3 is 10.6 Å². The van der Waals surface area contributed by atoms with Crippen LogP contribution in [0.5, 0.6) is 0 Å². The first-order valence-electron chi connectivity index (χ1n) is 3.95. The predicted octanol–water partition coefficient (Wildman–Crippen LogP) is 0.913. The topological polar surface area (TPSA) is 36.4 Å². The van der Waals surface area contributed by atoms with E-state index < -0.39 is 0 Å². The van der Waals surface area contributed by atoms with E-state index in [9.17, 15) is 0 Å². The zero-order valence-corrected chi connectivity index (χ0v) is 8.60. The highest BCUT2D eigenvalue weighted by atomic mass is 79.9. The van der Waals surface area contributed by atoms with Gasteiger partial charge in [-0.3, -0.25) is 4.99 Å². The van der Waals surface area contributed by atoms with Crippen LogP contribution in [0.25, 0.3) is 0 Å². The maximum absolute atomic E-state index is 4.31. The molecule has 0 atom stereocenters. The minimum absolute atomic E-state index is 0. The lowest BCUT2D eigenvalue weighted by molar-refractivity contribution is 0.744. The Hall–Kier alpha value is -0.250. The summed E-state index contributed by atoms with van der Waals surface area (Å²) in [5.74, 6) is 0.972. The molecule has 4 heteroatoms. The highest BCUT2D eigenvalue weighted by Gasteiger charge is 1.99. The number of nitrogens with zero attached hydrogens (tertiary/aromatic N) is 1. The van der Waals surface area contributed by atoms with Gasteiger partial charge in [0.15, 0.2) is 5.96 Å². The summed E-state index contributed by atoms with van der Waals surface area (Å²) in [4.78, 5) is 4.31. The Bertz CT molecular complexity index is 125. The second kappa shape index (κ2) is 6.46. The molecule has 0 fully saturated rings. The molecule has 1 aliphatic heterocycles. The van der Waals surface area contributed by atoms with E-state index in [1.165, 1.54) is 12.8 Å². The summed E-state index contributed by atoms with van der Waals surface area (Å²) in [7, 11) is 0. The number of hydrogen-bond acceptors (Lipinski definition) is 3. The van der Waals surface area contributed by atoms with E-state index in [0.717, 1.165) is 25.6 Å². The maximum atomic E-state index is 4.31. The van der Waals surface area contributed by atoms with Crippen molar-refractivity contribution in [1.82, 2.24) is 10.6 Å². The SMILES string of the molecule is Br.CCNC1=NCCCCN1. The highest BCUT2D eigenvalue weighted by molar-refractivity contribution is 8.93. The average Bonchev–Trinajstić information content (AvgIpc) is 2.17. The van der Waals surface area contributed by atoms with Crippen molar-refractivity contribution in [2.45, 2.75) is 19.8 Å². The molecule has 11 heavy (non-hydrogen) atoms. The lowest BCUT2D eigenvalue weighted by atomic mass is 10.3. The second-order valence-corrected chi connectivity index (χ2v) is 2.39. The largest absolute Gasteiger partial charge is 0.357 e. The summed E-state index contributed by atoms with van der Waals surface area (Å²) in [5, 5.41) is 6.38. The fraction of sp³-hybridized carbons (Fsp3) is 0.857. The van der Waals surface area contributed by atoms with Crippen LogP contribution in [0.15, 0.2) is 4.99 Å². The molecule has 0 unspecified atom stereocenters. The van der Waals surface area contributed by atoms with Gasteiger partial charge in [0.05, 0.1) is 0 Å². The summed E-state index contributed by atoms with van der Waals surface area (Å²) < 4.78 is 0. The Morgan fingerprint density at radius 2 is 2.36 bits per heavy atom. The van der Waals surface area contributed by atoms with Crippen LogP contribution in [0.1, 0.15) is 19.8 Å². The van der Waals surface area contributed by atoms with Gasteiger partial charge in [-0.1, -0.05) is 0 Å². The van der Waals surface area contributed by atoms with E-state index in [2.05, 4.69) is 22.5 Å². The van der Waals surface area contributed by atoms with Gasteiger partial charge in [0.1, 0.15) is 0 Å². The highest BCUT2D eigenvalue weighted by Crippen LogP contribution is 1.91. The first-order valence-corrected chi connectivity index (χ1v) is 3.95. The Balaban J connectivity index is 0.000001000. The Labute approximate surface area is 78.4 Å². The Kier molecular flexibility index (Phi) is 6.31. The number of halogens is 1. The van der Waals surface area contributed by atoms with Gasteiger partial charge in [0.2, 0.25) is 0 Å². The third-order valence-corrected chi connectivity index (χ3v) is 1.49. The molecule has 0 saturated carbocycles. The summed E-state index contributed by atoms with van der Waals surface area (Å²) in [6.45, 7) is 5.06. The number of rotatable bonds is 1. The van der Waals surface area contributed by atoms with E-state index in [-0.39, 0.29) is 17.0 Å². The standard InChI is InChI=1S/C7H15N3.BrH/c1-2-8-7-9-5-3-4-6-10-7;/h2-6H2,1H3,(H2,8,9,10);1H. The summed E-state index contributed by atoms with van der Waals surface area (Å²) >= 11 is 0. The fourth-order valence-corrected chi connectivity index (χ4v) is 0.976. The van der Waals surface area contributed by atoms with Crippen LogP contribution >= 0.6 is 17.0 Å². The first kappa shape index (κ1) is 10.8. The molecule has 0 aromatic heterocycles. The second-order valence-electron chi connectivity index (χ2n) is 2.39. The average molecular weight is 222 g/mol. The molecule has 0 bridgehead atoms. The first-order chi connectivity index (χ1) is 4.93. The fourth-order valence-electron chi connectivity index (χ4n) is 0.976. The van der Waals surface area contributed by atoms with Crippen molar-refractivity contribution in [2.75, 3.05) is 19.6 Å². The molecule has 1 rings (SSSR count). The van der Waals surface area contributed by atoms with Crippen LogP contribution in [0, 0.1) is 0 Å². The van der Waals surface area contributed by atoms with E-state index in [1.54, 1.807) is 0 Å².